The SMILES string of the molecule is C=C(C)C(=O)c1cccc2nccnc12. The highest BCUT2D eigenvalue weighted by Gasteiger charge is 2.11. The maximum absolute atomic E-state index is 11.8. The van der Waals surface area contributed by atoms with Gasteiger partial charge in [0, 0.05) is 12.4 Å². The van der Waals surface area contributed by atoms with E-state index in [1.807, 2.05) is 6.07 Å². The van der Waals surface area contributed by atoms with Crippen LogP contribution in [0.15, 0.2) is 42.7 Å². The molecule has 2 rings (SSSR count). The van der Waals surface area contributed by atoms with Crippen LogP contribution in [0.2, 0.25) is 0 Å². The summed E-state index contributed by atoms with van der Waals surface area (Å²) in [6, 6.07) is 5.37. The van der Waals surface area contributed by atoms with Crippen molar-refractivity contribution in [2.75, 3.05) is 0 Å². The fourth-order valence-corrected chi connectivity index (χ4v) is 1.41. The molecular weight excluding hydrogens is 188 g/mol. The normalized spacial score (nSPS) is 10.2. The van der Waals surface area contributed by atoms with Crippen LogP contribution in [0, 0.1) is 0 Å². The number of carbonyl (C=O) groups is 1. The molecular formula is C12H10N2O. The number of ketones is 1. The molecule has 0 aliphatic rings. The number of hydrogen-bond acceptors (Lipinski definition) is 3. The zero-order valence-corrected chi connectivity index (χ0v) is 8.40. The summed E-state index contributed by atoms with van der Waals surface area (Å²) in [4.78, 5) is 20.1. The minimum absolute atomic E-state index is 0.0823. The number of fused-ring (bicyclic) bond motifs is 1. The molecule has 0 saturated carbocycles. The van der Waals surface area contributed by atoms with E-state index in [2.05, 4.69) is 16.5 Å². The zero-order chi connectivity index (χ0) is 10.8. The highest BCUT2D eigenvalue weighted by molar-refractivity contribution is 6.14. The fourth-order valence-electron chi connectivity index (χ4n) is 1.41. The summed E-state index contributed by atoms with van der Waals surface area (Å²) in [5.41, 5.74) is 2.43. The molecule has 0 fully saturated rings. The number of aromatic nitrogens is 2. The number of para-hydroxylation sites is 1. The van der Waals surface area contributed by atoms with Gasteiger partial charge in [0.25, 0.3) is 0 Å². The van der Waals surface area contributed by atoms with Crippen molar-refractivity contribution in [3.8, 4) is 0 Å². The largest absolute Gasteiger partial charge is 0.289 e. The average molecular weight is 198 g/mol. The summed E-state index contributed by atoms with van der Waals surface area (Å²) in [6.45, 7) is 5.33. The van der Waals surface area contributed by atoms with E-state index in [0.717, 1.165) is 5.52 Å². The molecule has 3 heteroatoms. The molecule has 0 saturated heterocycles. The van der Waals surface area contributed by atoms with Crippen molar-refractivity contribution in [3.63, 3.8) is 0 Å². The Morgan fingerprint density at radius 3 is 2.73 bits per heavy atom. The highest BCUT2D eigenvalue weighted by atomic mass is 16.1. The molecule has 1 heterocycles. The second kappa shape index (κ2) is 3.61. The maximum Gasteiger partial charge on any atom is 0.190 e. The molecule has 0 N–H and O–H groups in total. The summed E-state index contributed by atoms with van der Waals surface area (Å²) >= 11 is 0. The molecule has 3 nitrogen and oxygen atoms in total. The number of rotatable bonds is 2. The van der Waals surface area contributed by atoms with Gasteiger partial charge in [0.2, 0.25) is 0 Å². The molecule has 0 spiro atoms. The first-order valence-electron chi connectivity index (χ1n) is 4.60. The van der Waals surface area contributed by atoms with E-state index < -0.39 is 0 Å². The highest BCUT2D eigenvalue weighted by Crippen LogP contribution is 2.16. The van der Waals surface area contributed by atoms with E-state index in [-0.39, 0.29) is 5.78 Å². The number of Topliss-reactive ketones (excluding diaryl/α,β-unsaturated/α-hetero) is 1. The van der Waals surface area contributed by atoms with E-state index in [1.165, 1.54) is 0 Å². The smallest absolute Gasteiger partial charge is 0.190 e. The number of benzene rings is 1. The van der Waals surface area contributed by atoms with E-state index in [9.17, 15) is 4.79 Å². The Morgan fingerprint density at radius 1 is 1.27 bits per heavy atom. The van der Waals surface area contributed by atoms with Crippen LogP contribution in [-0.4, -0.2) is 15.8 Å². The van der Waals surface area contributed by atoms with Gasteiger partial charge in [-0.3, -0.25) is 14.8 Å². The van der Waals surface area contributed by atoms with Crippen LogP contribution in [0.4, 0.5) is 0 Å². The quantitative estimate of drug-likeness (QED) is 0.549. The summed E-state index contributed by atoms with van der Waals surface area (Å²) in [5, 5.41) is 0. The van der Waals surface area contributed by atoms with Gasteiger partial charge in [-0.2, -0.15) is 0 Å². The van der Waals surface area contributed by atoms with Crippen molar-refractivity contribution < 1.29 is 4.79 Å². The first kappa shape index (κ1) is 9.52. The Hall–Kier alpha value is -2.03. The monoisotopic (exact) mass is 198 g/mol. The third-order valence-corrected chi connectivity index (χ3v) is 2.13. The van der Waals surface area contributed by atoms with Gasteiger partial charge in [-0.1, -0.05) is 12.6 Å². The second-order valence-electron chi connectivity index (χ2n) is 3.34. The van der Waals surface area contributed by atoms with Crippen LogP contribution < -0.4 is 0 Å². The van der Waals surface area contributed by atoms with E-state index in [4.69, 9.17) is 0 Å². The lowest BCUT2D eigenvalue weighted by molar-refractivity contribution is 0.103. The molecule has 2 aromatic rings. The number of allylic oxidation sites excluding steroid dienone is 1. The predicted molar refractivity (Wildman–Crippen MR) is 58.7 cm³/mol. The van der Waals surface area contributed by atoms with Gasteiger partial charge in [-0.25, -0.2) is 0 Å². The third-order valence-electron chi connectivity index (χ3n) is 2.13. The lowest BCUT2D eigenvalue weighted by atomic mass is 10.0. The molecule has 0 aliphatic heterocycles. The van der Waals surface area contributed by atoms with E-state index in [0.29, 0.717) is 16.7 Å². The van der Waals surface area contributed by atoms with Crippen molar-refractivity contribution in [2.24, 2.45) is 0 Å². The number of carbonyl (C=O) groups excluding carboxylic acids is 1. The summed E-state index contributed by atoms with van der Waals surface area (Å²) < 4.78 is 0. The van der Waals surface area contributed by atoms with Gasteiger partial charge >= 0.3 is 0 Å². The van der Waals surface area contributed by atoms with Crippen molar-refractivity contribution in [2.45, 2.75) is 6.92 Å². The Kier molecular flexibility index (Phi) is 2.29. The second-order valence-corrected chi connectivity index (χ2v) is 3.34. The molecule has 0 aliphatic carbocycles. The molecule has 74 valence electrons. The van der Waals surface area contributed by atoms with E-state index >= 15 is 0 Å². The zero-order valence-electron chi connectivity index (χ0n) is 8.40. The first-order valence-corrected chi connectivity index (χ1v) is 4.60. The standard InChI is InChI=1S/C12H10N2O/c1-8(2)12(15)9-4-3-5-10-11(9)14-7-6-13-10/h3-7H,1H2,2H3. The van der Waals surface area contributed by atoms with Crippen LogP contribution in [0.5, 0.6) is 0 Å². The minimum atomic E-state index is -0.0823. The Bertz CT molecular complexity index is 541. The summed E-state index contributed by atoms with van der Waals surface area (Å²) in [5.74, 6) is -0.0823. The lowest BCUT2D eigenvalue weighted by Crippen LogP contribution is -2.01. The molecule has 15 heavy (non-hydrogen) atoms. The molecule has 0 amide bonds. The van der Waals surface area contributed by atoms with Crippen LogP contribution in [0.1, 0.15) is 17.3 Å². The van der Waals surface area contributed by atoms with Crippen LogP contribution >= 0.6 is 0 Å². The van der Waals surface area contributed by atoms with Crippen LogP contribution in [0.25, 0.3) is 11.0 Å². The first-order chi connectivity index (χ1) is 7.20. The molecule has 0 atom stereocenters. The fraction of sp³-hybridized carbons (Fsp3) is 0.0833. The van der Waals surface area contributed by atoms with Crippen LogP contribution in [-0.2, 0) is 0 Å². The van der Waals surface area contributed by atoms with Gasteiger partial charge < -0.3 is 0 Å². The van der Waals surface area contributed by atoms with E-state index in [1.54, 1.807) is 31.5 Å². The lowest BCUT2D eigenvalue weighted by Gasteiger charge is -2.02. The van der Waals surface area contributed by atoms with Crippen molar-refractivity contribution >= 4 is 16.8 Å². The molecule has 0 bridgehead atoms. The summed E-state index contributed by atoms with van der Waals surface area (Å²) in [7, 11) is 0. The molecule has 0 radical (unpaired) electrons. The predicted octanol–water partition coefficient (Wildman–Crippen LogP) is 2.39. The van der Waals surface area contributed by atoms with Gasteiger partial charge in [-0.15, -0.1) is 0 Å². The van der Waals surface area contributed by atoms with Gasteiger partial charge in [-0.05, 0) is 24.6 Å². The number of hydrogen-bond donors (Lipinski definition) is 0. The Labute approximate surface area is 87.5 Å². The molecule has 0 unspecified atom stereocenters. The van der Waals surface area contributed by atoms with Crippen molar-refractivity contribution in [1.29, 1.82) is 0 Å². The number of nitrogens with zero attached hydrogens (tertiary/aromatic N) is 2. The van der Waals surface area contributed by atoms with Crippen LogP contribution in [0.3, 0.4) is 0 Å². The Balaban J connectivity index is 2.71. The van der Waals surface area contributed by atoms with Crippen molar-refractivity contribution in [3.05, 3.63) is 48.3 Å². The summed E-state index contributed by atoms with van der Waals surface area (Å²) in [6.07, 6.45) is 3.19. The molecule has 1 aromatic heterocycles. The molecule has 1 aromatic carbocycles. The minimum Gasteiger partial charge on any atom is -0.289 e. The Morgan fingerprint density at radius 2 is 2.00 bits per heavy atom. The van der Waals surface area contributed by atoms with Crippen molar-refractivity contribution in [1.82, 2.24) is 9.97 Å². The maximum atomic E-state index is 11.8. The third kappa shape index (κ3) is 1.64. The van der Waals surface area contributed by atoms with Gasteiger partial charge in [0.05, 0.1) is 16.6 Å². The van der Waals surface area contributed by atoms with Gasteiger partial charge in [0.1, 0.15) is 0 Å². The average Bonchev–Trinajstić information content (AvgIpc) is 2.27. The topological polar surface area (TPSA) is 42.9 Å². The van der Waals surface area contributed by atoms with Gasteiger partial charge in [0.15, 0.2) is 5.78 Å².